The lowest BCUT2D eigenvalue weighted by atomic mass is 10.1. The zero-order valence-electron chi connectivity index (χ0n) is 18.3. The minimum Gasteiger partial charge on any atom is -0.462 e. The molecular weight excluding hydrogens is 408 g/mol. The van der Waals surface area contributed by atoms with Crippen molar-refractivity contribution >= 4 is 17.3 Å². The Morgan fingerprint density at radius 3 is 2.34 bits per heavy atom. The van der Waals surface area contributed by atoms with Gasteiger partial charge in [-0.1, -0.05) is 24.3 Å². The summed E-state index contributed by atoms with van der Waals surface area (Å²) in [6, 6.07) is 10.8. The summed E-state index contributed by atoms with van der Waals surface area (Å²) in [7, 11) is 0. The number of rotatable bonds is 7. The summed E-state index contributed by atoms with van der Waals surface area (Å²) in [5.74, 6) is 1.48. The van der Waals surface area contributed by atoms with E-state index in [-0.39, 0.29) is 0 Å². The lowest BCUT2D eigenvalue weighted by Gasteiger charge is -2.28. The Labute approximate surface area is 188 Å². The Morgan fingerprint density at radius 1 is 0.938 bits per heavy atom. The summed E-state index contributed by atoms with van der Waals surface area (Å²) < 4.78 is 16.9. The predicted octanol–water partition coefficient (Wildman–Crippen LogP) is 1.59. The first kappa shape index (κ1) is 21.1. The molecule has 170 valence electrons. The number of nitrogens with one attached hydrogen (secondary N) is 1. The average Bonchev–Trinajstić information content (AvgIpc) is 3.27. The molecule has 1 N–H and O–H groups in total. The van der Waals surface area contributed by atoms with Crippen LogP contribution in [0.5, 0.6) is 6.01 Å². The molecule has 0 saturated carbocycles. The molecule has 3 heterocycles. The number of anilines is 2. The fourth-order valence-corrected chi connectivity index (χ4v) is 4.20. The molecule has 3 aliphatic rings. The van der Waals surface area contributed by atoms with Crippen LogP contribution in [0.4, 0.5) is 11.6 Å². The molecule has 0 bridgehead atoms. The molecule has 0 unspecified atom stereocenters. The smallest absolute Gasteiger partial charge is 0.320 e. The Kier molecular flexibility index (Phi) is 6.76. The molecule has 2 fully saturated rings. The number of hydrazone groups is 1. The number of morpholine rings is 2. The molecule has 1 aromatic heterocycles. The van der Waals surface area contributed by atoms with Gasteiger partial charge in [0.2, 0.25) is 0 Å². The molecule has 1 aliphatic carbocycles. The van der Waals surface area contributed by atoms with Crippen LogP contribution in [-0.2, 0) is 22.3 Å². The second kappa shape index (κ2) is 10.2. The van der Waals surface area contributed by atoms with Crippen LogP contribution in [0.2, 0.25) is 0 Å². The van der Waals surface area contributed by atoms with E-state index < -0.39 is 0 Å². The number of aromatic nitrogens is 2. The van der Waals surface area contributed by atoms with Gasteiger partial charge in [-0.05, 0) is 11.1 Å². The highest BCUT2D eigenvalue weighted by atomic mass is 16.5. The van der Waals surface area contributed by atoms with Crippen molar-refractivity contribution in [2.24, 2.45) is 5.10 Å². The molecule has 2 aromatic rings. The Morgan fingerprint density at radius 2 is 1.62 bits per heavy atom. The highest BCUT2D eigenvalue weighted by molar-refractivity contribution is 5.93. The van der Waals surface area contributed by atoms with Crippen LogP contribution >= 0.6 is 0 Å². The fourth-order valence-electron chi connectivity index (χ4n) is 4.20. The first-order valence-corrected chi connectivity index (χ1v) is 11.4. The molecule has 9 nitrogen and oxygen atoms in total. The maximum Gasteiger partial charge on any atom is 0.320 e. The minimum absolute atomic E-state index is 0.375. The van der Waals surface area contributed by atoms with Gasteiger partial charge in [-0.3, -0.25) is 10.3 Å². The Balaban J connectivity index is 1.27. The van der Waals surface area contributed by atoms with E-state index >= 15 is 0 Å². The van der Waals surface area contributed by atoms with Crippen molar-refractivity contribution in [3.8, 4) is 6.01 Å². The van der Waals surface area contributed by atoms with E-state index in [1.165, 1.54) is 11.1 Å². The number of benzene rings is 1. The maximum absolute atomic E-state index is 5.95. The largest absolute Gasteiger partial charge is 0.462 e. The van der Waals surface area contributed by atoms with Crippen LogP contribution in [0.25, 0.3) is 0 Å². The Bertz CT molecular complexity index is 914. The highest BCUT2D eigenvalue weighted by Crippen LogP contribution is 2.22. The minimum atomic E-state index is 0.375. The van der Waals surface area contributed by atoms with Crippen LogP contribution in [0.1, 0.15) is 11.1 Å². The van der Waals surface area contributed by atoms with E-state index in [1.807, 2.05) is 6.07 Å². The molecule has 9 heteroatoms. The number of ether oxygens (including phenoxy) is 3. The van der Waals surface area contributed by atoms with Crippen molar-refractivity contribution in [1.29, 1.82) is 0 Å². The van der Waals surface area contributed by atoms with E-state index in [0.717, 1.165) is 70.3 Å². The van der Waals surface area contributed by atoms with Gasteiger partial charge in [0.05, 0.1) is 26.4 Å². The van der Waals surface area contributed by atoms with Gasteiger partial charge in [0.15, 0.2) is 5.82 Å². The van der Waals surface area contributed by atoms with Crippen LogP contribution in [-0.4, -0.2) is 86.3 Å². The second-order valence-electron chi connectivity index (χ2n) is 8.21. The number of fused-ring (bicyclic) bond motifs is 1. The molecule has 0 amide bonds. The monoisotopic (exact) mass is 438 g/mol. The molecule has 2 aliphatic heterocycles. The first-order valence-electron chi connectivity index (χ1n) is 11.4. The molecule has 2 saturated heterocycles. The topological polar surface area (TPSA) is 84.3 Å². The van der Waals surface area contributed by atoms with Gasteiger partial charge in [-0.2, -0.15) is 15.1 Å². The van der Waals surface area contributed by atoms with Gasteiger partial charge in [-0.15, -0.1) is 0 Å². The molecule has 0 radical (unpaired) electrons. The van der Waals surface area contributed by atoms with Crippen LogP contribution in [0, 0.1) is 0 Å². The molecule has 5 rings (SSSR count). The average molecular weight is 439 g/mol. The standard InChI is InChI=1S/C23H30N6O3/c1-2-4-19-16-20(15-18(19)3-1)26-27-21-17-22(29-8-12-31-13-9-29)25-23(24-21)32-14-7-28-5-10-30-11-6-28/h1-4,17H,5-16H2,(H,24,25,27). The van der Waals surface area contributed by atoms with E-state index in [1.54, 1.807) is 0 Å². The van der Waals surface area contributed by atoms with Crippen molar-refractivity contribution in [2.75, 3.05) is 76.1 Å². The summed E-state index contributed by atoms with van der Waals surface area (Å²) in [5.41, 5.74) is 6.95. The lowest BCUT2D eigenvalue weighted by molar-refractivity contribution is 0.0317. The van der Waals surface area contributed by atoms with Gasteiger partial charge in [0.25, 0.3) is 0 Å². The van der Waals surface area contributed by atoms with Gasteiger partial charge in [0, 0.05) is 57.3 Å². The van der Waals surface area contributed by atoms with E-state index in [9.17, 15) is 0 Å². The predicted molar refractivity (Wildman–Crippen MR) is 123 cm³/mol. The van der Waals surface area contributed by atoms with Crippen molar-refractivity contribution in [1.82, 2.24) is 14.9 Å². The zero-order chi connectivity index (χ0) is 21.6. The third-order valence-electron chi connectivity index (χ3n) is 6.01. The second-order valence-corrected chi connectivity index (χ2v) is 8.21. The summed E-state index contributed by atoms with van der Waals surface area (Å²) >= 11 is 0. The van der Waals surface area contributed by atoms with Crippen molar-refractivity contribution in [3.05, 3.63) is 41.5 Å². The lowest BCUT2D eigenvalue weighted by Crippen LogP contribution is -2.39. The quantitative estimate of drug-likeness (QED) is 0.653. The van der Waals surface area contributed by atoms with Gasteiger partial charge < -0.3 is 19.1 Å². The zero-order valence-corrected chi connectivity index (χ0v) is 18.3. The number of nitrogens with zero attached hydrogens (tertiary/aromatic N) is 5. The van der Waals surface area contributed by atoms with Crippen LogP contribution in [0.3, 0.4) is 0 Å². The van der Waals surface area contributed by atoms with Gasteiger partial charge >= 0.3 is 6.01 Å². The molecule has 1 aromatic carbocycles. The van der Waals surface area contributed by atoms with Crippen molar-refractivity contribution < 1.29 is 14.2 Å². The highest BCUT2D eigenvalue weighted by Gasteiger charge is 2.18. The SMILES string of the molecule is c1ccc2c(c1)CC(=NNc1cc(N3CCOCC3)nc(OCCN3CCOCC3)n1)C2. The fraction of sp³-hybridized carbons (Fsp3) is 0.522. The van der Waals surface area contributed by atoms with Crippen LogP contribution in [0.15, 0.2) is 35.4 Å². The molecule has 0 atom stereocenters. The van der Waals surface area contributed by atoms with E-state index in [4.69, 9.17) is 14.2 Å². The van der Waals surface area contributed by atoms with Gasteiger partial charge in [0.1, 0.15) is 12.4 Å². The molecule has 0 spiro atoms. The van der Waals surface area contributed by atoms with Crippen molar-refractivity contribution in [3.63, 3.8) is 0 Å². The Hall–Kier alpha value is -2.75. The summed E-state index contributed by atoms with van der Waals surface area (Å²) in [6.45, 7) is 7.79. The maximum atomic E-state index is 5.95. The molecule has 32 heavy (non-hydrogen) atoms. The first-order chi connectivity index (χ1) is 15.8. The van der Waals surface area contributed by atoms with Crippen LogP contribution < -0.4 is 15.1 Å². The summed E-state index contributed by atoms with van der Waals surface area (Å²) in [6.07, 6.45) is 1.74. The third kappa shape index (κ3) is 5.35. The van der Waals surface area contributed by atoms with E-state index in [2.05, 4.69) is 54.6 Å². The summed E-state index contributed by atoms with van der Waals surface area (Å²) in [4.78, 5) is 13.8. The number of hydrogen-bond acceptors (Lipinski definition) is 9. The van der Waals surface area contributed by atoms with E-state index in [0.29, 0.717) is 31.6 Å². The molecular formula is C23H30N6O3. The normalized spacial score (nSPS) is 19.0. The number of hydrogen-bond donors (Lipinski definition) is 1. The van der Waals surface area contributed by atoms with Gasteiger partial charge in [-0.25, -0.2) is 0 Å². The summed E-state index contributed by atoms with van der Waals surface area (Å²) in [5, 5.41) is 4.64. The third-order valence-corrected chi connectivity index (χ3v) is 6.01. The van der Waals surface area contributed by atoms with Crippen molar-refractivity contribution in [2.45, 2.75) is 12.8 Å².